The second-order valence-electron chi connectivity index (χ2n) is 4.64. The Kier molecular flexibility index (Phi) is 2.35. The summed E-state index contributed by atoms with van der Waals surface area (Å²) >= 11 is 0. The summed E-state index contributed by atoms with van der Waals surface area (Å²) in [5.74, 6) is 1.61. The van der Waals surface area contributed by atoms with Crippen LogP contribution in [0.3, 0.4) is 0 Å². The van der Waals surface area contributed by atoms with Crippen molar-refractivity contribution in [3.8, 4) is 5.75 Å². The molecule has 81 valence electrons. The third-order valence-corrected chi connectivity index (χ3v) is 4.22. The average molecular weight is 229 g/mol. The molecule has 16 heavy (non-hydrogen) atoms. The predicted octanol–water partition coefficient (Wildman–Crippen LogP) is 2.24. The second kappa shape index (κ2) is 3.73. The molecule has 2 bridgehead atoms. The van der Waals surface area contributed by atoms with Crippen molar-refractivity contribution < 1.29 is 9.53 Å². The molecule has 3 rings (SSSR count). The number of carbonyl (C=O) groups is 1. The van der Waals surface area contributed by atoms with E-state index in [0.29, 0.717) is 5.92 Å². The Balaban J connectivity index is 2.04. The largest absolute Gasteiger partial charge is 0.490 e. The maximum absolute atomic E-state index is 12.4. The highest BCUT2D eigenvalue weighted by molar-refractivity contribution is 6.09. The van der Waals surface area contributed by atoms with Crippen LogP contribution in [0, 0.1) is 11.8 Å². The second-order valence-corrected chi connectivity index (χ2v) is 5.05. The summed E-state index contributed by atoms with van der Waals surface area (Å²) in [7, 11) is 3.55. The van der Waals surface area contributed by atoms with Crippen molar-refractivity contribution in [3.05, 3.63) is 29.8 Å². The van der Waals surface area contributed by atoms with E-state index in [-0.39, 0.29) is 17.8 Å². The van der Waals surface area contributed by atoms with Crippen molar-refractivity contribution >= 4 is 16.0 Å². The summed E-state index contributed by atoms with van der Waals surface area (Å²) in [4.78, 5) is 12.4. The fourth-order valence-corrected chi connectivity index (χ4v) is 3.32. The Morgan fingerprint density at radius 2 is 2.12 bits per heavy atom. The molecule has 3 heteroatoms. The number of hydrogen-bond acceptors (Lipinski definition) is 2. The first-order chi connectivity index (χ1) is 7.79. The van der Waals surface area contributed by atoms with Gasteiger partial charge < -0.3 is 4.74 Å². The van der Waals surface area contributed by atoms with Crippen molar-refractivity contribution in [2.75, 3.05) is 0 Å². The predicted molar refractivity (Wildman–Crippen MR) is 62.0 cm³/mol. The zero-order valence-corrected chi connectivity index (χ0v) is 9.98. The zero-order valence-electron chi connectivity index (χ0n) is 8.98. The number of ketones is 1. The summed E-state index contributed by atoms with van der Waals surface area (Å²) in [6, 6.07) is 8.49. The molecule has 1 aliphatic heterocycles. The van der Waals surface area contributed by atoms with Crippen LogP contribution >= 0.6 is 0 Å². The van der Waals surface area contributed by atoms with Crippen LogP contribution in [0.1, 0.15) is 23.2 Å². The van der Waals surface area contributed by atoms with Crippen LogP contribution in [0.2, 0.25) is 6.04 Å². The lowest BCUT2D eigenvalue weighted by Gasteiger charge is -2.19. The smallest absolute Gasteiger partial charge is 0.170 e. The van der Waals surface area contributed by atoms with Gasteiger partial charge in [-0.1, -0.05) is 18.2 Å². The molecule has 0 N–H and O–H groups in total. The van der Waals surface area contributed by atoms with Crippen molar-refractivity contribution in [3.63, 3.8) is 0 Å². The number of hydrogen-bond donors (Lipinski definition) is 0. The lowest BCUT2D eigenvalue weighted by atomic mass is 9.89. The minimum atomic E-state index is 0.145. The first kappa shape index (κ1) is 10.1. The first-order valence-corrected chi connectivity index (χ1v) is 6.45. The molecular weight excluding hydrogens is 216 g/mol. The quantitative estimate of drug-likeness (QED) is 0.690. The van der Waals surface area contributed by atoms with Gasteiger partial charge in [0.1, 0.15) is 5.75 Å². The van der Waals surface area contributed by atoms with Crippen LogP contribution in [0.25, 0.3) is 0 Å². The summed E-state index contributed by atoms with van der Waals surface area (Å²) in [5.41, 5.74) is 0.764. The van der Waals surface area contributed by atoms with Gasteiger partial charge in [-0.05, 0) is 30.9 Å². The minimum Gasteiger partial charge on any atom is -0.490 e. The van der Waals surface area contributed by atoms with Crippen LogP contribution in [-0.4, -0.2) is 22.1 Å². The van der Waals surface area contributed by atoms with E-state index in [1.165, 1.54) is 0 Å². The molecule has 2 aliphatic rings. The van der Waals surface area contributed by atoms with Gasteiger partial charge in [-0.2, -0.15) is 0 Å². The van der Waals surface area contributed by atoms with E-state index in [9.17, 15) is 4.79 Å². The highest BCUT2D eigenvalue weighted by atomic mass is 28.1. The average Bonchev–Trinajstić information content (AvgIpc) is 2.65. The van der Waals surface area contributed by atoms with E-state index in [2.05, 4.69) is 10.2 Å². The van der Waals surface area contributed by atoms with Crippen LogP contribution in [0.4, 0.5) is 0 Å². The summed E-state index contributed by atoms with van der Waals surface area (Å²) in [6.07, 6.45) is 2.09. The van der Waals surface area contributed by atoms with E-state index in [0.717, 1.165) is 30.2 Å². The van der Waals surface area contributed by atoms with Crippen LogP contribution in [0.5, 0.6) is 5.75 Å². The number of fused-ring (bicyclic) bond motifs is 3. The number of benzene rings is 1. The third kappa shape index (κ3) is 1.42. The highest BCUT2D eigenvalue weighted by Crippen LogP contribution is 2.42. The first-order valence-electron chi connectivity index (χ1n) is 5.74. The van der Waals surface area contributed by atoms with Gasteiger partial charge in [0.25, 0.3) is 0 Å². The SMILES string of the molecule is O=C1c2ccccc2OC2CC(C[Si])C1C2. The lowest BCUT2D eigenvalue weighted by Crippen LogP contribution is -2.19. The number of ether oxygens (including phenoxy) is 1. The van der Waals surface area contributed by atoms with Crippen molar-refractivity contribution in [1.82, 2.24) is 0 Å². The number of para-hydroxylation sites is 1. The fourth-order valence-electron chi connectivity index (χ4n) is 2.87. The van der Waals surface area contributed by atoms with Gasteiger partial charge in [0.15, 0.2) is 5.78 Å². The van der Waals surface area contributed by atoms with Crippen LogP contribution in [0.15, 0.2) is 24.3 Å². The van der Waals surface area contributed by atoms with Gasteiger partial charge in [0.05, 0.1) is 11.7 Å². The topological polar surface area (TPSA) is 26.3 Å². The zero-order chi connectivity index (χ0) is 11.1. The van der Waals surface area contributed by atoms with Gasteiger partial charge in [0.2, 0.25) is 0 Å². The molecule has 1 aromatic carbocycles. The number of Topliss-reactive ketones (excluding diaryl/α,β-unsaturated/α-hetero) is 1. The molecule has 1 heterocycles. The molecule has 3 unspecified atom stereocenters. The Hall–Kier alpha value is -1.09. The summed E-state index contributed by atoms with van der Waals surface area (Å²) in [5, 5.41) is 0. The maximum Gasteiger partial charge on any atom is 0.170 e. The molecular formula is C13H13O2Si. The molecule has 1 fully saturated rings. The van der Waals surface area contributed by atoms with Crippen molar-refractivity contribution in [2.24, 2.45) is 11.8 Å². The molecule has 1 aliphatic carbocycles. The monoisotopic (exact) mass is 229 g/mol. The van der Waals surface area contributed by atoms with Gasteiger partial charge in [0, 0.05) is 16.2 Å². The molecule has 3 radical (unpaired) electrons. The number of carbonyl (C=O) groups excluding carboxylic acids is 1. The molecule has 0 amide bonds. The Morgan fingerprint density at radius 3 is 2.94 bits per heavy atom. The summed E-state index contributed by atoms with van der Waals surface area (Å²) < 4.78 is 5.91. The van der Waals surface area contributed by atoms with E-state index >= 15 is 0 Å². The standard InChI is InChI=1S/C13H13O2Si/c14-13-10-3-1-2-4-12(10)15-9-5-8(7-16)11(13)6-9/h1-4,8-9,11H,5-7H2. The van der Waals surface area contributed by atoms with Gasteiger partial charge in [-0.15, -0.1) is 0 Å². The molecule has 1 aromatic rings. The van der Waals surface area contributed by atoms with Crippen LogP contribution in [-0.2, 0) is 0 Å². The van der Waals surface area contributed by atoms with E-state index < -0.39 is 0 Å². The summed E-state index contributed by atoms with van der Waals surface area (Å²) in [6.45, 7) is 0. The molecule has 0 aromatic heterocycles. The molecule has 1 saturated carbocycles. The van der Waals surface area contributed by atoms with E-state index in [1.54, 1.807) is 0 Å². The van der Waals surface area contributed by atoms with Crippen molar-refractivity contribution in [1.29, 1.82) is 0 Å². The third-order valence-electron chi connectivity index (χ3n) is 3.70. The Morgan fingerprint density at radius 1 is 1.31 bits per heavy atom. The van der Waals surface area contributed by atoms with Gasteiger partial charge in [-0.3, -0.25) is 4.79 Å². The molecule has 3 atom stereocenters. The van der Waals surface area contributed by atoms with E-state index in [4.69, 9.17) is 4.74 Å². The number of rotatable bonds is 1. The molecule has 0 saturated heterocycles. The minimum absolute atomic E-state index is 0.145. The van der Waals surface area contributed by atoms with Crippen LogP contribution < -0.4 is 4.74 Å². The normalized spacial score (nSPS) is 31.8. The van der Waals surface area contributed by atoms with Gasteiger partial charge in [-0.25, -0.2) is 0 Å². The molecule has 2 nitrogen and oxygen atoms in total. The highest BCUT2D eigenvalue weighted by Gasteiger charge is 2.42. The van der Waals surface area contributed by atoms with Crippen molar-refractivity contribution in [2.45, 2.75) is 25.0 Å². The maximum atomic E-state index is 12.4. The Bertz CT molecular complexity index is 430. The Labute approximate surface area is 98.4 Å². The fraction of sp³-hybridized carbons (Fsp3) is 0.462. The van der Waals surface area contributed by atoms with E-state index in [1.807, 2.05) is 24.3 Å². The molecule has 0 spiro atoms. The van der Waals surface area contributed by atoms with Gasteiger partial charge >= 0.3 is 0 Å². The lowest BCUT2D eigenvalue weighted by molar-refractivity contribution is 0.0898.